The third-order valence-electron chi connectivity index (χ3n) is 6.43. The van der Waals surface area contributed by atoms with Crippen molar-refractivity contribution in [2.45, 2.75) is 136 Å². The summed E-state index contributed by atoms with van der Waals surface area (Å²) >= 11 is 0. The van der Waals surface area contributed by atoms with Crippen LogP contribution in [-0.2, 0) is 9.47 Å². The van der Waals surface area contributed by atoms with Crippen LogP contribution in [0.4, 0.5) is 0 Å². The molecular formula is C30H50O4. The minimum absolute atomic E-state index is 0.0488. The van der Waals surface area contributed by atoms with E-state index in [9.17, 15) is 9.59 Å². The molecule has 0 aliphatic heterocycles. The van der Waals surface area contributed by atoms with E-state index in [4.69, 9.17) is 9.47 Å². The Morgan fingerprint density at radius 3 is 1.50 bits per heavy atom. The molecule has 34 heavy (non-hydrogen) atoms. The minimum Gasteiger partial charge on any atom is -0.462 e. The molecular weight excluding hydrogens is 424 g/mol. The van der Waals surface area contributed by atoms with Crippen molar-refractivity contribution in [3.8, 4) is 0 Å². The van der Waals surface area contributed by atoms with Gasteiger partial charge in [0.15, 0.2) is 0 Å². The van der Waals surface area contributed by atoms with Crippen molar-refractivity contribution < 1.29 is 19.1 Å². The molecule has 0 aliphatic carbocycles. The highest BCUT2D eigenvalue weighted by Gasteiger charge is 2.15. The van der Waals surface area contributed by atoms with Crippen LogP contribution < -0.4 is 0 Å². The van der Waals surface area contributed by atoms with Crippen molar-refractivity contribution >= 4 is 11.9 Å². The summed E-state index contributed by atoms with van der Waals surface area (Å²) in [6.45, 7) is 6.82. The number of carbonyl (C=O) groups excluding carboxylic acids is 2. The van der Waals surface area contributed by atoms with Gasteiger partial charge in [-0.2, -0.15) is 0 Å². The first-order valence-electron chi connectivity index (χ1n) is 14.1. The maximum absolute atomic E-state index is 12.3. The molecule has 0 fully saturated rings. The van der Waals surface area contributed by atoms with Crippen LogP contribution in [-0.4, -0.2) is 24.6 Å². The zero-order valence-corrected chi connectivity index (χ0v) is 22.2. The number of benzene rings is 1. The predicted molar refractivity (Wildman–Crippen MR) is 141 cm³/mol. The fourth-order valence-corrected chi connectivity index (χ4v) is 4.17. The van der Waals surface area contributed by atoms with Gasteiger partial charge in [-0.25, -0.2) is 9.59 Å². The van der Waals surface area contributed by atoms with Gasteiger partial charge < -0.3 is 9.47 Å². The van der Waals surface area contributed by atoms with E-state index < -0.39 is 0 Å². The van der Waals surface area contributed by atoms with E-state index in [1.807, 2.05) is 6.92 Å². The van der Waals surface area contributed by atoms with Crippen LogP contribution in [0.25, 0.3) is 0 Å². The lowest BCUT2D eigenvalue weighted by Gasteiger charge is -2.15. The number of hydrogen-bond acceptors (Lipinski definition) is 4. The summed E-state index contributed by atoms with van der Waals surface area (Å²) < 4.78 is 10.9. The summed E-state index contributed by atoms with van der Waals surface area (Å²) in [5.74, 6) is -0.658. The highest BCUT2D eigenvalue weighted by molar-refractivity contribution is 5.93. The second-order valence-corrected chi connectivity index (χ2v) is 9.53. The minimum atomic E-state index is -0.331. The van der Waals surface area contributed by atoms with Crippen molar-refractivity contribution in [2.75, 3.05) is 6.61 Å². The number of esters is 2. The average molecular weight is 475 g/mol. The first-order valence-corrected chi connectivity index (χ1v) is 14.1. The van der Waals surface area contributed by atoms with E-state index in [1.165, 1.54) is 77.0 Å². The van der Waals surface area contributed by atoms with Crippen molar-refractivity contribution in [2.24, 2.45) is 0 Å². The molecule has 0 saturated carbocycles. The lowest BCUT2D eigenvalue weighted by atomic mass is 10.0. The Kier molecular flexibility index (Phi) is 18.2. The lowest BCUT2D eigenvalue weighted by Crippen LogP contribution is -2.17. The Hall–Kier alpha value is -1.84. The zero-order chi connectivity index (χ0) is 24.9. The van der Waals surface area contributed by atoms with Gasteiger partial charge in [-0.3, -0.25) is 0 Å². The molecule has 194 valence electrons. The van der Waals surface area contributed by atoms with Crippen LogP contribution >= 0.6 is 0 Å². The van der Waals surface area contributed by atoms with Gasteiger partial charge in [0.25, 0.3) is 0 Å². The molecule has 0 heterocycles. The Morgan fingerprint density at radius 2 is 1.06 bits per heavy atom. The third-order valence-corrected chi connectivity index (χ3v) is 6.43. The van der Waals surface area contributed by atoms with Gasteiger partial charge in [-0.15, -0.1) is 0 Å². The molecule has 0 spiro atoms. The molecule has 0 aliphatic rings. The summed E-state index contributed by atoms with van der Waals surface area (Å²) in [5, 5.41) is 0. The van der Waals surface area contributed by atoms with E-state index in [1.54, 1.807) is 24.3 Å². The van der Waals surface area contributed by atoms with Gasteiger partial charge in [0.2, 0.25) is 0 Å². The van der Waals surface area contributed by atoms with E-state index in [0.717, 1.165) is 32.1 Å². The quantitative estimate of drug-likeness (QED) is 0.132. The summed E-state index contributed by atoms with van der Waals surface area (Å²) in [6, 6.07) is 6.57. The largest absolute Gasteiger partial charge is 0.462 e. The molecule has 0 aromatic heterocycles. The van der Waals surface area contributed by atoms with Crippen LogP contribution in [0.3, 0.4) is 0 Å². The molecule has 0 bridgehead atoms. The fourth-order valence-electron chi connectivity index (χ4n) is 4.17. The lowest BCUT2D eigenvalue weighted by molar-refractivity contribution is 0.0270. The molecule has 1 rings (SSSR count). The van der Waals surface area contributed by atoms with Crippen LogP contribution in [0.5, 0.6) is 0 Å². The van der Waals surface area contributed by atoms with Gasteiger partial charge >= 0.3 is 11.9 Å². The summed E-state index contributed by atoms with van der Waals surface area (Å²) in [5.41, 5.74) is 0.945. The Bertz CT molecular complexity index is 638. The standard InChI is InChI=1S/C30H50O4/c1-4-7-8-9-10-11-12-13-14-15-16-17-18-19-25-33-29(31)26-21-23-27(24-22-26)30(32)34-28(6-3)20-5-2/h21-24,28H,4-20,25H2,1-3H3. The maximum atomic E-state index is 12.3. The van der Waals surface area contributed by atoms with Crippen LogP contribution in [0, 0.1) is 0 Å². The van der Waals surface area contributed by atoms with Crippen LogP contribution in [0.2, 0.25) is 0 Å². The first-order chi connectivity index (χ1) is 16.6. The molecule has 1 atom stereocenters. The Morgan fingerprint density at radius 1 is 0.618 bits per heavy atom. The van der Waals surface area contributed by atoms with Crippen LogP contribution in [0.1, 0.15) is 151 Å². The highest BCUT2D eigenvalue weighted by atomic mass is 16.5. The molecule has 1 unspecified atom stereocenters. The van der Waals surface area contributed by atoms with Crippen molar-refractivity contribution in [1.29, 1.82) is 0 Å². The SMILES string of the molecule is CCCCCCCCCCCCCCCCOC(=O)c1ccc(C(=O)OC(CC)CCC)cc1. The van der Waals surface area contributed by atoms with Gasteiger partial charge in [-0.05, 0) is 43.5 Å². The zero-order valence-electron chi connectivity index (χ0n) is 22.2. The summed E-state index contributed by atoms with van der Waals surface area (Å²) in [6.07, 6.45) is 20.9. The van der Waals surface area contributed by atoms with Crippen molar-refractivity contribution in [1.82, 2.24) is 0 Å². The molecule has 0 N–H and O–H groups in total. The second kappa shape index (κ2) is 20.5. The van der Waals surface area contributed by atoms with Gasteiger partial charge in [0.1, 0.15) is 6.10 Å². The number of ether oxygens (including phenoxy) is 2. The Labute approximate surface area is 209 Å². The normalized spacial score (nSPS) is 11.9. The predicted octanol–water partition coefficient (Wildman–Crippen LogP) is 9.06. The maximum Gasteiger partial charge on any atom is 0.338 e. The highest BCUT2D eigenvalue weighted by Crippen LogP contribution is 2.14. The van der Waals surface area contributed by atoms with E-state index in [2.05, 4.69) is 13.8 Å². The molecule has 4 nitrogen and oxygen atoms in total. The van der Waals surface area contributed by atoms with Gasteiger partial charge in [0.05, 0.1) is 17.7 Å². The van der Waals surface area contributed by atoms with E-state index >= 15 is 0 Å². The molecule has 1 aromatic rings. The fraction of sp³-hybridized carbons (Fsp3) is 0.733. The second-order valence-electron chi connectivity index (χ2n) is 9.53. The van der Waals surface area contributed by atoms with Crippen LogP contribution in [0.15, 0.2) is 24.3 Å². The molecule has 0 radical (unpaired) electrons. The smallest absolute Gasteiger partial charge is 0.338 e. The van der Waals surface area contributed by atoms with E-state index in [-0.39, 0.29) is 18.0 Å². The number of carbonyl (C=O) groups is 2. The summed E-state index contributed by atoms with van der Waals surface area (Å²) in [4.78, 5) is 24.5. The summed E-state index contributed by atoms with van der Waals surface area (Å²) in [7, 11) is 0. The topological polar surface area (TPSA) is 52.6 Å². The molecule has 0 amide bonds. The Balaban J connectivity index is 2.06. The van der Waals surface area contributed by atoms with Crippen molar-refractivity contribution in [3.63, 3.8) is 0 Å². The number of rotatable bonds is 21. The van der Waals surface area contributed by atoms with Crippen molar-refractivity contribution in [3.05, 3.63) is 35.4 Å². The van der Waals surface area contributed by atoms with Gasteiger partial charge in [-0.1, -0.05) is 111 Å². The first kappa shape index (κ1) is 30.2. The molecule has 0 saturated heterocycles. The molecule has 4 heteroatoms. The monoisotopic (exact) mass is 474 g/mol. The number of unbranched alkanes of at least 4 members (excludes halogenated alkanes) is 13. The van der Waals surface area contributed by atoms with Gasteiger partial charge in [0, 0.05) is 0 Å². The molecule has 1 aromatic carbocycles. The van der Waals surface area contributed by atoms with E-state index in [0.29, 0.717) is 17.7 Å². The third kappa shape index (κ3) is 14.4. The average Bonchev–Trinajstić information content (AvgIpc) is 2.86. The number of hydrogen-bond donors (Lipinski definition) is 0.